The summed E-state index contributed by atoms with van der Waals surface area (Å²) < 4.78 is 22.2. The minimum absolute atomic E-state index is 0.143. The molecule has 1 N–H and O–H groups in total. The first-order valence-corrected chi connectivity index (χ1v) is 12.2. The SMILES string of the molecule is COc1cccc([C@@]2(C=O)c3c(cc(OC)cc3OC)C[C@@H]2NC(=O)C(=O)c2cc(OC)ccc2Br)c1. The van der Waals surface area contributed by atoms with E-state index in [1.807, 2.05) is 6.07 Å². The molecule has 3 aromatic carbocycles. The second-order valence-corrected chi connectivity index (χ2v) is 9.34. The number of rotatable bonds is 9. The number of ketones is 1. The number of hydrogen-bond donors (Lipinski definition) is 1. The van der Waals surface area contributed by atoms with Gasteiger partial charge in [0.15, 0.2) is 0 Å². The second-order valence-electron chi connectivity index (χ2n) is 8.49. The first kappa shape index (κ1) is 26.2. The van der Waals surface area contributed by atoms with Gasteiger partial charge < -0.3 is 29.1 Å². The van der Waals surface area contributed by atoms with Gasteiger partial charge in [0.1, 0.15) is 34.7 Å². The van der Waals surface area contributed by atoms with E-state index in [0.717, 1.165) is 11.8 Å². The molecule has 0 aliphatic heterocycles. The summed E-state index contributed by atoms with van der Waals surface area (Å²) in [6, 6.07) is 14.6. The molecule has 1 amide bonds. The molecule has 2 atom stereocenters. The van der Waals surface area contributed by atoms with Crippen molar-refractivity contribution in [2.75, 3.05) is 28.4 Å². The molecular weight excluding hydrogens is 542 g/mol. The maximum atomic E-state index is 13.3. The third-order valence-corrected chi connectivity index (χ3v) is 7.35. The van der Waals surface area contributed by atoms with Crippen molar-refractivity contribution >= 4 is 33.9 Å². The molecule has 37 heavy (non-hydrogen) atoms. The molecule has 0 heterocycles. The maximum absolute atomic E-state index is 13.3. The molecule has 0 saturated heterocycles. The fourth-order valence-corrected chi connectivity index (χ4v) is 5.29. The van der Waals surface area contributed by atoms with E-state index in [9.17, 15) is 14.4 Å². The van der Waals surface area contributed by atoms with Gasteiger partial charge in [0.25, 0.3) is 11.7 Å². The summed E-state index contributed by atoms with van der Waals surface area (Å²) in [5.41, 5.74) is 0.725. The zero-order chi connectivity index (χ0) is 26.7. The Bertz CT molecular complexity index is 1370. The van der Waals surface area contributed by atoms with Gasteiger partial charge in [0, 0.05) is 21.7 Å². The fraction of sp³-hybridized carbons (Fsp3) is 0.250. The highest BCUT2D eigenvalue weighted by Gasteiger charge is 2.52. The number of fused-ring (bicyclic) bond motifs is 1. The molecule has 8 nitrogen and oxygen atoms in total. The molecule has 3 aromatic rings. The highest BCUT2D eigenvalue weighted by Crippen LogP contribution is 2.49. The van der Waals surface area contributed by atoms with Crippen LogP contribution in [0.3, 0.4) is 0 Å². The molecule has 0 bridgehead atoms. The van der Waals surface area contributed by atoms with Crippen molar-refractivity contribution in [2.45, 2.75) is 17.9 Å². The third kappa shape index (κ3) is 4.55. The lowest BCUT2D eigenvalue weighted by molar-refractivity contribution is -0.118. The number of Topliss-reactive ketones (excluding diaryl/α,β-unsaturated/α-hetero) is 1. The minimum Gasteiger partial charge on any atom is -0.497 e. The second kappa shape index (κ2) is 10.6. The van der Waals surface area contributed by atoms with Crippen LogP contribution in [0, 0.1) is 0 Å². The van der Waals surface area contributed by atoms with E-state index in [2.05, 4.69) is 21.2 Å². The van der Waals surface area contributed by atoms with Gasteiger partial charge in [0.05, 0.1) is 34.5 Å². The van der Waals surface area contributed by atoms with Crippen LogP contribution in [-0.2, 0) is 21.4 Å². The Morgan fingerprint density at radius 2 is 1.62 bits per heavy atom. The maximum Gasteiger partial charge on any atom is 0.292 e. The predicted molar refractivity (Wildman–Crippen MR) is 140 cm³/mol. The lowest BCUT2D eigenvalue weighted by Crippen LogP contribution is -2.51. The third-order valence-electron chi connectivity index (χ3n) is 6.66. The Kier molecular flexibility index (Phi) is 7.54. The quantitative estimate of drug-likeness (QED) is 0.238. The number of amides is 1. The smallest absolute Gasteiger partial charge is 0.292 e. The van der Waals surface area contributed by atoms with Crippen LogP contribution in [0.2, 0.25) is 0 Å². The molecule has 0 radical (unpaired) electrons. The first-order chi connectivity index (χ1) is 17.8. The van der Waals surface area contributed by atoms with Crippen LogP contribution in [-0.4, -0.2) is 52.5 Å². The molecule has 192 valence electrons. The van der Waals surface area contributed by atoms with E-state index in [4.69, 9.17) is 18.9 Å². The number of ether oxygens (including phenoxy) is 4. The number of carbonyl (C=O) groups is 3. The van der Waals surface area contributed by atoms with E-state index in [0.29, 0.717) is 38.6 Å². The van der Waals surface area contributed by atoms with Crippen LogP contribution in [0.4, 0.5) is 0 Å². The van der Waals surface area contributed by atoms with Crippen LogP contribution < -0.4 is 24.3 Å². The molecule has 0 aromatic heterocycles. The number of methoxy groups -OCH3 is 4. The molecule has 4 rings (SSSR count). The lowest BCUT2D eigenvalue weighted by Gasteiger charge is -2.33. The summed E-state index contributed by atoms with van der Waals surface area (Å²) in [5, 5.41) is 2.84. The predicted octanol–water partition coefficient (Wildman–Crippen LogP) is 3.89. The van der Waals surface area contributed by atoms with Crippen molar-refractivity contribution in [1.29, 1.82) is 0 Å². The number of nitrogens with one attached hydrogen (secondary N) is 1. The van der Waals surface area contributed by atoms with Crippen LogP contribution in [0.5, 0.6) is 23.0 Å². The van der Waals surface area contributed by atoms with Crippen LogP contribution in [0.25, 0.3) is 0 Å². The number of carbonyl (C=O) groups excluding carboxylic acids is 3. The molecule has 9 heteroatoms. The number of benzene rings is 3. The van der Waals surface area contributed by atoms with Gasteiger partial charge in [-0.2, -0.15) is 0 Å². The number of hydrogen-bond acceptors (Lipinski definition) is 7. The van der Waals surface area contributed by atoms with E-state index >= 15 is 0 Å². The zero-order valence-electron chi connectivity index (χ0n) is 20.8. The standard InChI is InChI=1S/C28H26BrNO7/c1-34-18-7-5-6-17(12-18)28(15-31)24(11-16-10-20(36-3)14-23(37-4)25(16)28)30-27(33)26(32)21-13-19(35-2)8-9-22(21)29/h5-10,12-15,24H,11H2,1-4H3,(H,30,33)/t24-,28+/m0/s1. The summed E-state index contributed by atoms with van der Waals surface area (Å²) in [7, 11) is 6.05. The molecule has 0 saturated carbocycles. The fourth-order valence-electron chi connectivity index (χ4n) is 4.86. The van der Waals surface area contributed by atoms with E-state index < -0.39 is 23.1 Å². The van der Waals surface area contributed by atoms with Crippen molar-refractivity contribution < 1.29 is 33.3 Å². The van der Waals surface area contributed by atoms with Gasteiger partial charge in [-0.1, -0.05) is 28.1 Å². The van der Waals surface area contributed by atoms with Gasteiger partial charge in [-0.15, -0.1) is 0 Å². The highest BCUT2D eigenvalue weighted by atomic mass is 79.9. The van der Waals surface area contributed by atoms with Gasteiger partial charge in [-0.25, -0.2) is 0 Å². The zero-order valence-corrected chi connectivity index (χ0v) is 22.4. The minimum atomic E-state index is -1.36. The van der Waals surface area contributed by atoms with E-state index in [1.165, 1.54) is 34.5 Å². The molecule has 0 spiro atoms. The summed E-state index contributed by atoms with van der Waals surface area (Å²) in [5.74, 6) is 0.333. The van der Waals surface area contributed by atoms with E-state index in [1.54, 1.807) is 42.5 Å². The Hall–Kier alpha value is -3.85. The lowest BCUT2D eigenvalue weighted by atomic mass is 9.73. The molecule has 0 unspecified atom stereocenters. The normalized spacial score (nSPS) is 17.9. The Labute approximate surface area is 223 Å². The summed E-state index contributed by atoms with van der Waals surface area (Å²) >= 11 is 3.33. The summed E-state index contributed by atoms with van der Waals surface area (Å²) in [6.45, 7) is 0. The monoisotopic (exact) mass is 567 g/mol. The van der Waals surface area contributed by atoms with Gasteiger partial charge in [-0.3, -0.25) is 9.59 Å². The van der Waals surface area contributed by atoms with Crippen molar-refractivity contribution in [3.05, 3.63) is 81.3 Å². The van der Waals surface area contributed by atoms with Gasteiger partial charge >= 0.3 is 0 Å². The first-order valence-electron chi connectivity index (χ1n) is 11.4. The summed E-state index contributed by atoms with van der Waals surface area (Å²) in [4.78, 5) is 39.6. The topological polar surface area (TPSA) is 100 Å². The molecule has 1 aliphatic carbocycles. The average molecular weight is 568 g/mol. The van der Waals surface area contributed by atoms with Crippen LogP contribution in [0.1, 0.15) is 27.0 Å². The molecule has 0 fully saturated rings. The molecular formula is C28H26BrNO7. The van der Waals surface area contributed by atoms with E-state index in [-0.39, 0.29) is 12.0 Å². The molecule has 1 aliphatic rings. The average Bonchev–Trinajstić information content (AvgIpc) is 3.25. The largest absolute Gasteiger partial charge is 0.497 e. The van der Waals surface area contributed by atoms with Crippen molar-refractivity contribution in [2.24, 2.45) is 0 Å². The van der Waals surface area contributed by atoms with Crippen LogP contribution >= 0.6 is 15.9 Å². The number of halogens is 1. The van der Waals surface area contributed by atoms with Crippen molar-refractivity contribution in [3.8, 4) is 23.0 Å². The van der Waals surface area contributed by atoms with Crippen molar-refractivity contribution in [3.63, 3.8) is 0 Å². The van der Waals surface area contributed by atoms with Crippen molar-refractivity contribution in [1.82, 2.24) is 5.32 Å². The highest BCUT2D eigenvalue weighted by molar-refractivity contribution is 9.10. The Balaban J connectivity index is 1.83. The summed E-state index contributed by atoms with van der Waals surface area (Å²) in [6.07, 6.45) is 1.05. The van der Waals surface area contributed by atoms with Crippen LogP contribution in [0.15, 0.2) is 59.1 Å². The Morgan fingerprint density at radius 3 is 2.27 bits per heavy atom. The van der Waals surface area contributed by atoms with Gasteiger partial charge in [0.2, 0.25) is 0 Å². The van der Waals surface area contributed by atoms with Gasteiger partial charge in [-0.05, 0) is 53.9 Å². The number of aldehydes is 1. The Morgan fingerprint density at radius 1 is 0.919 bits per heavy atom.